The summed E-state index contributed by atoms with van der Waals surface area (Å²) in [6.07, 6.45) is 0.167. The van der Waals surface area contributed by atoms with Gasteiger partial charge in [-0.3, -0.25) is 14.4 Å². The van der Waals surface area contributed by atoms with Crippen LogP contribution in [0.1, 0.15) is 41.6 Å². The SMILES string of the molecule is Cc1cc(C)c(NC(=O)CNC(=O)[C@@H]2CC(=O)N([C@H](C)c3ccccc3)C2)c(C)c1. The average Bonchev–Trinajstić information content (AvgIpc) is 3.10. The van der Waals surface area contributed by atoms with Crippen LogP contribution in [0.15, 0.2) is 42.5 Å². The second-order valence-corrected chi connectivity index (χ2v) is 8.07. The summed E-state index contributed by atoms with van der Waals surface area (Å²) in [5.41, 5.74) is 4.92. The van der Waals surface area contributed by atoms with Crippen LogP contribution < -0.4 is 10.6 Å². The van der Waals surface area contributed by atoms with E-state index in [1.807, 2.05) is 70.2 Å². The minimum Gasteiger partial charge on any atom is -0.347 e. The number of nitrogens with one attached hydrogen (secondary N) is 2. The van der Waals surface area contributed by atoms with Crippen LogP contribution in [0.5, 0.6) is 0 Å². The molecule has 6 heteroatoms. The molecule has 0 bridgehead atoms. The van der Waals surface area contributed by atoms with Crippen molar-refractivity contribution in [1.82, 2.24) is 10.2 Å². The van der Waals surface area contributed by atoms with E-state index in [0.29, 0.717) is 6.54 Å². The Hall–Kier alpha value is -3.15. The molecule has 1 aliphatic rings. The Morgan fingerprint density at radius 2 is 1.73 bits per heavy atom. The molecule has 30 heavy (non-hydrogen) atoms. The number of aryl methyl sites for hydroxylation is 3. The van der Waals surface area contributed by atoms with Gasteiger partial charge in [-0.05, 0) is 44.4 Å². The molecule has 3 amide bonds. The number of carbonyl (C=O) groups is 3. The molecule has 1 fully saturated rings. The lowest BCUT2D eigenvalue weighted by Crippen LogP contribution is -2.38. The van der Waals surface area contributed by atoms with Crippen LogP contribution in [0.25, 0.3) is 0 Å². The lowest BCUT2D eigenvalue weighted by Gasteiger charge is -2.25. The first-order valence-corrected chi connectivity index (χ1v) is 10.3. The second kappa shape index (κ2) is 9.11. The maximum Gasteiger partial charge on any atom is 0.243 e. The maximum atomic E-state index is 12.6. The molecule has 3 rings (SSSR count). The van der Waals surface area contributed by atoms with Crippen molar-refractivity contribution >= 4 is 23.4 Å². The van der Waals surface area contributed by atoms with Crippen LogP contribution in [-0.4, -0.2) is 35.7 Å². The van der Waals surface area contributed by atoms with Crippen molar-refractivity contribution in [3.8, 4) is 0 Å². The predicted molar refractivity (Wildman–Crippen MR) is 117 cm³/mol. The summed E-state index contributed by atoms with van der Waals surface area (Å²) in [5.74, 6) is -1.03. The highest BCUT2D eigenvalue weighted by atomic mass is 16.2. The Kier molecular flexibility index (Phi) is 6.55. The van der Waals surface area contributed by atoms with Gasteiger partial charge in [-0.25, -0.2) is 0 Å². The molecule has 0 unspecified atom stereocenters. The summed E-state index contributed by atoms with van der Waals surface area (Å²) < 4.78 is 0. The minimum absolute atomic E-state index is 0.0399. The third-order valence-corrected chi connectivity index (χ3v) is 5.64. The number of hydrogen-bond donors (Lipinski definition) is 2. The predicted octanol–water partition coefficient (Wildman–Crippen LogP) is 3.28. The molecule has 2 aromatic rings. The van der Waals surface area contributed by atoms with Gasteiger partial charge in [0.05, 0.1) is 18.5 Å². The van der Waals surface area contributed by atoms with E-state index < -0.39 is 5.92 Å². The quantitative estimate of drug-likeness (QED) is 0.771. The molecule has 0 aromatic heterocycles. The largest absolute Gasteiger partial charge is 0.347 e. The van der Waals surface area contributed by atoms with Gasteiger partial charge in [-0.1, -0.05) is 48.0 Å². The zero-order chi connectivity index (χ0) is 21.8. The first-order valence-electron chi connectivity index (χ1n) is 10.3. The molecule has 1 saturated heterocycles. The highest BCUT2D eigenvalue weighted by molar-refractivity contribution is 5.97. The molecule has 0 aliphatic carbocycles. The highest BCUT2D eigenvalue weighted by Crippen LogP contribution is 2.28. The Morgan fingerprint density at radius 1 is 1.10 bits per heavy atom. The number of rotatable bonds is 6. The van der Waals surface area contributed by atoms with E-state index in [0.717, 1.165) is 27.9 Å². The standard InChI is InChI=1S/C24H29N3O3/c1-15-10-16(2)23(17(3)11-15)26-21(28)13-25-24(30)20-12-22(29)27(14-20)18(4)19-8-6-5-7-9-19/h5-11,18,20H,12-14H2,1-4H3,(H,25,30)(H,26,28)/t18-,20-/m1/s1. The Labute approximate surface area is 177 Å². The molecule has 1 heterocycles. The molecular weight excluding hydrogens is 378 g/mol. The molecule has 2 N–H and O–H groups in total. The zero-order valence-electron chi connectivity index (χ0n) is 18.0. The van der Waals surface area contributed by atoms with Gasteiger partial charge in [0.1, 0.15) is 0 Å². The lowest BCUT2D eigenvalue weighted by molar-refractivity contribution is -0.130. The Morgan fingerprint density at radius 3 is 2.37 bits per heavy atom. The number of amides is 3. The molecular formula is C24H29N3O3. The Balaban J connectivity index is 1.54. The number of carbonyl (C=O) groups excluding carboxylic acids is 3. The van der Waals surface area contributed by atoms with Crippen molar-refractivity contribution in [1.29, 1.82) is 0 Å². The molecule has 158 valence electrons. The summed E-state index contributed by atoms with van der Waals surface area (Å²) in [6.45, 7) is 8.11. The van der Waals surface area contributed by atoms with Crippen LogP contribution >= 0.6 is 0 Å². The monoisotopic (exact) mass is 407 g/mol. The number of hydrogen-bond acceptors (Lipinski definition) is 3. The van der Waals surface area contributed by atoms with Gasteiger partial charge < -0.3 is 15.5 Å². The summed E-state index contributed by atoms with van der Waals surface area (Å²) >= 11 is 0. The van der Waals surface area contributed by atoms with Crippen LogP contribution in [0.3, 0.4) is 0 Å². The van der Waals surface area contributed by atoms with Gasteiger partial charge in [0.25, 0.3) is 0 Å². The first-order chi connectivity index (χ1) is 14.3. The number of likely N-dealkylation sites (tertiary alicyclic amines) is 1. The molecule has 2 atom stereocenters. The van der Waals surface area contributed by atoms with Crippen molar-refractivity contribution in [3.05, 3.63) is 64.7 Å². The van der Waals surface area contributed by atoms with Crippen LogP contribution in [0.2, 0.25) is 0 Å². The van der Waals surface area contributed by atoms with E-state index in [1.165, 1.54) is 0 Å². The van der Waals surface area contributed by atoms with Crippen molar-refractivity contribution in [3.63, 3.8) is 0 Å². The van der Waals surface area contributed by atoms with Crippen molar-refractivity contribution < 1.29 is 14.4 Å². The van der Waals surface area contributed by atoms with Gasteiger partial charge in [-0.2, -0.15) is 0 Å². The van der Waals surface area contributed by atoms with E-state index >= 15 is 0 Å². The van der Waals surface area contributed by atoms with Gasteiger partial charge in [-0.15, -0.1) is 0 Å². The van der Waals surface area contributed by atoms with Gasteiger partial charge in [0, 0.05) is 18.7 Å². The van der Waals surface area contributed by atoms with E-state index in [-0.39, 0.29) is 36.7 Å². The normalized spacial score (nSPS) is 17.0. The number of anilines is 1. The zero-order valence-corrected chi connectivity index (χ0v) is 18.0. The van der Waals surface area contributed by atoms with E-state index in [2.05, 4.69) is 10.6 Å². The molecule has 0 radical (unpaired) electrons. The van der Waals surface area contributed by atoms with Crippen LogP contribution in [0, 0.1) is 26.7 Å². The van der Waals surface area contributed by atoms with Gasteiger partial charge >= 0.3 is 0 Å². The van der Waals surface area contributed by atoms with Crippen LogP contribution in [-0.2, 0) is 14.4 Å². The molecule has 1 aliphatic heterocycles. The smallest absolute Gasteiger partial charge is 0.243 e. The molecule has 2 aromatic carbocycles. The fourth-order valence-corrected chi connectivity index (χ4v) is 4.07. The third kappa shape index (κ3) is 4.87. The third-order valence-electron chi connectivity index (χ3n) is 5.64. The van der Waals surface area contributed by atoms with Gasteiger partial charge in [0.2, 0.25) is 17.7 Å². The van der Waals surface area contributed by atoms with Gasteiger partial charge in [0.15, 0.2) is 0 Å². The van der Waals surface area contributed by atoms with Crippen molar-refractivity contribution in [2.75, 3.05) is 18.4 Å². The first kappa shape index (κ1) is 21.6. The minimum atomic E-state index is -0.445. The summed E-state index contributed by atoms with van der Waals surface area (Å²) in [6, 6.07) is 13.7. The van der Waals surface area contributed by atoms with E-state index in [9.17, 15) is 14.4 Å². The van der Waals surface area contributed by atoms with Crippen molar-refractivity contribution in [2.45, 2.75) is 40.2 Å². The second-order valence-electron chi connectivity index (χ2n) is 8.07. The summed E-state index contributed by atoms with van der Waals surface area (Å²) in [7, 11) is 0. The number of benzene rings is 2. The lowest BCUT2D eigenvalue weighted by atomic mass is 10.1. The Bertz CT molecular complexity index is 932. The maximum absolute atomic E-state index is 12.6. The number of nitrogens with zero attached hydrogens (tertiary/aromatic N) is 1. The molecule has 6 nitrogen and oxygen atoms in total. The van der Waals surface area contributed by atoms with E-state index in [4.69, 9.17) is 0 Å². The fraction of sp³-hybridized carbons (Fsp3) is 0.375. The van der Waals surface area contributed by atoms with Crippen molar-refractivity contribution in [2.24, 2.45) is 5.92 Å². The fourth-order valence-electron chi connectivity index (χ4n) is 4.07. The summed E-state index contributed by atoms with van der Waals surface area (Å²) in [4.78, 5) is 39.1. The highest BCUT2D eigenvalue weighted by Gasteiger charge is 2.37. The van der Waals surface area contributed by atoms with E-state index in [1.54, 1.807) is 4.90 Å². The molecule has 0 saturated carbocycles. The average molecular weight is 408 g/mol. The topological polar surface area (TPSA) is 78.5 Å². The van der Waals surface area contributed by atoms with Crippen LogP contribution in [0.4, 0.5) is 5.69 Å². The summed E-state index contributed by atoms with van der Waals surface area (Å²) in [5, 5.41) is 5.56. The molecule has 0 spiro atoms.